The van der Waals surface area contributed by atoms with Crippen LogP contribution in [0.2, 0.25) is 0 Å². The van der Waals surface area contributed by atoms with E-state index in [1.165, 1.54) is 44.9 Å². The molecule has 0 aromatic heterocycles. The van der Waals surface area contributed by atoms with Gasteiger partial charge in [-0.05, 0) is 6.42 Å². The first-order chi connectivity index (χ1) is 11.7. The first-order valence-corrected chi connectivity index (χ1v) is 9.81. The van der Waals surface area contributed by atoms with Crippen LogP contribution in [0.1, 0.15) is 71.1 Å². The Kier molecular flexibility index (Phi) is 24.3. The van der Waals surface area contributed by atoms with Gasteiger partial charge in [-0.3, -0.25) is 4.55 Å². The molecular formula is C16H31NaO8S. The van der Waals surface area contributed by atoms with Gasteiger partial charge in [-0.2, -0.15) is 8.42 Å². The molecule has 8 nitrogen and oxygen atoms in total. The zero-order valence-electron chi connectivity index (χ0n) is 14.7. The number of aliphatic carboxylic acids is 2. The Morgan fingerprint density at radius 1 is 0.808 bits per heavy atom. The fourth-order valence-corrected chi connectivity index (χ4v) is 2.22. The minimum atomic E-state index is -4.23. The number of hydrogen-bond acceptors (Lipinski definition) is 5. The van der Waals surface area contributed by atoms with E-state index in [1.54, 1.807) is 0 Å². The molecule has 3 N–H and O–H groups in total. The van der Waals surface area contributed by atoms with Gasteiger partial charge < -0.3 is 10.2 Å². The predicted molar refractivity (Wildman–Crippen MR) is 101 cm³/mol. The predicted octanol–water partition coefficient (Wildman–Crippen LogP) is 2.79. The summed E-state index contributed by atoms with van der Waals surface area (Å²) in [5, 5.41) is 15.6. The zero-order chi connectivity index (χ0) is 19.6. The van der Waals surface area contributed by atoms with Gasteiger partial charge in [0, 0.05) is 12.2 Å². The molecule has 0 spiro atoms. The normalized spacial score (nSPS) is 10.7. The average Bonchev–Trinajstić information content (AvgIpc) is 2.50. The van der Waals surface area contributed by atoms with E-state index in [-0.39, 0.29) is 36.2 Å². The zero-order valence-corrected chi connectivity index (χ0v) is 15.5. The molecule has 0 heterocycles. The Hall–Kier alpha value is -0.450. The van der Waals surface area contributed by atoms with Gasteiger partial charge in [0.25, 0.3) is 0 Å². The Labute approximate surface area is 178 Å². The average molecular weight is 406 g/mol. The summed E-state index contributed by atoms with van der Waals surface area (Å²) < 4.78 is 33.0. The Morgan fingerprint density at radius 3 is 1.46 bits per heavy atom. The van der Waals surface area contributed by atoms with E-state index in [0.29, 0.717) is 18.6 Å². The van der Waals surface area contributed by atoms with E-state index in [4.69, 9.17) is 14.8 Å². The summed E-state index contributed by atoms with van der Waals surface area (Å²) in [5.74, 6) is -2.51. The molecule has 0 aliphatic carbocycles. The number of carboxylic acid groups (broad SMARTS) is 2. The van der Waals surface area contributed by atoms with Crippen LogP contribution < -0.4 is 0 Å². The van der Waals surface area contributed by atoms with Crippen molar-refractivity contribution in [3.8, 4) is 0 Å². The second kappa shape index (κ2) is 20.9. The molecule has 0 unspecified atom stereocenters. The fraction of sp³-hybridized carbons (Fsp3) is 0.750. The molecule has 150 valence electrons. The molecule has 26 heavy (non-hydrogen) atoms. The molecule has 0 amide bonds. The van der Waals surface area contributed by atoms with Crippen LogP contribution in [0.15, 0.2) is 12.2 Å². The van der Waals surface area contributed by atoms with Gasteiger partial charge in [-0.25, -0.2) is 13.8 Å². The van der Waals surface area contributed by atoms with Crippen molar-refractivity contribution < 1.29 is 37.0 Å². The molecule has 0 bridgehead atoms. The molecule has 0 aliphatic rings. The van der Waals surface area contributed by atoms with Crippen LogP contribution in [0.3, 0.4) is 0 Å². The van der Waals surface area contributed by atoms with Crippen LogP contribution >= 0.6 is 0 Å². The SMILES string of the molecule is CCCCCCCCCCCCOS(=O)(=O)O.O=C(O)/C=C\C(=O)O.[NaH]. The number of carboxylic acids is 2. The molecule has 0 aromatic carbocycles. The first kappa shape index (κ1) is 30.3. The van der Waals surface area contributed by atoms with Crippen LogP contribution in [-0.4, -0.2) is 71.3 Å². The van der Waals surface area contributed by atoms with Crippen molar-refractivity contribution in [3.63, 3.8) is 0 Å². The van der Waals surface area contributed by atoms with Gasteiger partial charge in [0.2, 0.25) is 0 Å². The van der Waals surface area contributed by atoms with Crippen LogP contribution in [-0.2, 0) is 24.2 Å². The Bertz CT molecular complexity index is 461. The summed E-state index contributed by atoms with van der Waals surface area (Å²) in [6.07, 6.45) is 13.0. The summed E-state index contributed by atoms with van der Waals surface area (Å²) >= 11 is 0. The number of carbonyl (C=O) groups is 2. The summed E-state index contributed by atoms with van der Waals surface area (Å²) in [6, 6.07) is 0. The second-order valence-corrected chi connectivity index (χ2v) is 6.53. The van der Waals surface area contributed by atoms with E-state index in [2.05, 4.69) is 11.1 Å². The molecule has 0 atom stereocenters. The van der Waals surface area contributed by atoms with Crippen molar-refractivity contribution in [3.05, 3.63) is 12.2 Å². The maximum absolute atomic E-state index is 10.2. The molecule has 0 radical (unpaired) electrons. The molecule has 0 aromatic rings. The second-order valence-electron chi connectivity index (χ2n) is 5.44. The number of unbranched alkanes of at least 4 members (excludes halogenated alkanes) is 9. The molecule has 0 fully saturated rings. The van der Waals surface area contributed by atoms with Crippen LogP contribution in [0.25, 0.3) is 0 Å². The number of hydrogen-bond donors (Lipinski definition) is 3. The Morgan fingerprint density at radius 2 is 1.15 bits per heavy atom. The van der Waals surface area contributed by atoms with Crippen LogP contribution in [0.5, 0.6) is 0 Å². The summed E-state index contributed by atoms with van der Waals surface area (Å²) in [6.45, 7) is 2.31. The van der Waals surface area contributed by atoms with Crippen molar-refractivity contribution in [2.24, 2.45) is 0 Å². The Balaban J connectivity index is -0.000000498. The third-order valence-electron chi connectivity index (χ3n) is 3.10. The van der Waals surface area contributed by atoms with E-state index < -0.39 is 22.3 Å². The van der Waals surface area contributed by atoms with Gasteiger partial charge in [-0.1, -0.05) is 64.7 Å². The monoisotopic (exact) mass is 406 g/mol. The first-order valence-electron chi connectivity index (χ1n) is 8.44. The molecule has 0 saturated carbocycles. The maximum atomic E-state index is 10.2. The number of rotatable bonds is 14. The van der Waals surface area contributed by atoms with E-state index >= 15 is 0 Å². The molecule has 0 rings (SSSR count). The third kappa shape index (κ3) is 34.8. The van der Waals surface area contributed by atoms with Crippen molar-refractivity contribution in [2.75, 3.05) is 6.61 Å². The van der Waals surface area contributed by atoms with E-state index in [0.717, 1.165) is 12.8 Å². The minimum absolute atomic E-state index is 0. The van der Waals surface area contributed by atoms with Crippen molar-refractivity contribution in [2.45, 2.75) is 71.1 Å². The van der Waals surface area contributed by atoms with Crippen LogP contribution in [0, 0.1) is 0 Å². The standard InChI is InChI=1S/C12H26O4S.C4H4O4.Na.H/c1-2-3-4-5-6-7-8-9-10-11-12-16-17(13,14)15;5-3(6)1-2-4(7)8;;/h2-12H2,1H3,(H,13,14,15);1-2H,(H,5,6)(H,7,8);;/b;2-1-;;. The fourth-order valence-electron chi connectivity index (χ4n) is 1.90. The van der Waals surface area contributed by atoms with Gasteiger partial charge in [-0.15, -0.1) is 0 Å². The van der Waals surface area contributed by atoms with Crippen LogP contribution in [0.4, 0.5) is 0 Å². The van der Waals surface area contributed by atoms with Gasteiger partial charge in [0.15, 0.2) is 0 Å². The van der Waals surface area contributed by atoms with Gasteiger partial charge in [0.05, 0.1) is 6.61 Å². The molecule has 0 aliphatic heterocycles. The molecule has 0 saturated heterocycles. The van der Waals surface area contributed by atoms with Gasteiger partial charge in [0.1, 0.15) is 0 Å². The van der Waals surface area contributed by atoms with Gasteiger partial charge >= 0.3 is 51.9 Å². The van der Waals surface area contributed by atoms with E-state index in [9.17, 15) is 18.0 Å². The third-order valence-corrected chi connectivity index (χ3v) is 3.56. The topological polar surface area (TPSA) is 138 Å². The summed E-state index contributed by atoms with van der Waals surface area (Å²) in [5.41, 5.74) is 0. The van der Waals surface area contributed by atoms with Crippen molar-refractivity contribution >= 4 is 51.9 Å². The summed E-state index contributed by atoms with van der Waals surface area (Å²) in [7, 11) is -4.23. The van der Waals surface area contributed by atoms with Crippen molar-refractivity contribution in [1.82, 2.24) is 0 Å². The quantitative estimate of drug-likeness (QED) is 0.173. The summed E-state index contributed by atoms with van der Waals surface area (Å²) in [4.78, 5) is 19.1. The van der Waals surface area contributed by atoms with Crippen molar-refractivity contribution in [1.29, 1.82) is 0 Å². The molecule has 10 heteroatoms. The van der Waals surface area contributed by atoms with E-state index in [1.807, 2.05) is 0 Å². The molecular weight excluding hydrogens is 375 g/mol.